The standard InChI is InChI=1S/C23H36N2O3/c1-26-20-15-22(28-3)21(27-2)14-18(20)16-25-13-12-24-11-7-10-19(24)23(25)17-8-5-4-6-9-17/h14-15,17,19,23H,4-13,16H2,1-3H3/t19-,23-/m1/s1. The largest absolute Gasteiger partial charge is 0.496 e. The minimum absolute atomic E-state index is 0.675. The quantitative estimate of drug-likeness (QED) is 0.737. The smallest absolute Gasteiger partial charge is 0.164 e. The molecule has 0 radical (unpaired) electrons. The van der Waals surface area contributed by atoms with Crippen LogP contribution in [-0.4, -0.2) is 62.8 Å². The Morgan fingerprint density at radius 2 is 1.50 bits per heavy atom. The molecule has 0 amide bonds. The van der Waals surface area contributed by atoms with E-state index >= 15 is 0 Å². The van der Waals surface area contributed by atoms with Crippen molar-refractivity contribution in [1.82, 2.24) is 9.80 Å². The van der Waals surface area contributed by atoms with Crippen LogP contribution in [0.25, 0.3) is 0 Å². The van der Waals surface area contributed by atoms with Crippen LogP contribution in [-0.2, 0) is 6.54 Å². The van der Waals surface area contributed by atoms with Crippen molar-refractivity contribution in [2.24, 2.45) is 5.92 Å². The molecule has 1 aromatic carbocycles. The fourth-order valence-electron chi connectivity index (χ4n) is 5.87. The Labute approximate surface area is 169 Å². The average molecular weight is 389 g/mol. The summed E-state index contributed by atoms with van der Waals surface area (Å²) in [4.78, 5) is 5.52. The summed E-state index contributed by atoms with van der Waals surface area (Å²) in [6.45, 7) is 4.56. The van der Waals surface area contributed by atoms with Gasteiger partial charge >= 0.3 is 0 Å². The maximum atomic E-state index is 5.72. The van der Waals surface area contributed by atoms with Crippen LogP contribution in [0.5, 0.6) is 17.2 Å². The average Bonchev–Trinajstić information content (AvgIpc) is 3.22. The van der Waals surface area contributed by atoms with Crippen LogP contribution in [0.4, 0.5) is 0 Å². The summed E-state index contributed by atoms with van der Waals surface area (Å²) in [7, 11) is 5.13. The molecule has 1 aliphatic carbocycles. The van der Waals surface area contributed by atoms with E-state index in [1.165, 1.54) is 63.6 Å². The summed E-state index contributed by atoms with van der Waals surface area (Å²) in [6.07, 6.45) is 9.75. The summed E-state index contributed by atoms with van der Waals surface area (Å²) in [5, 5.41) is 0. The number of nitrogens with zero attached hydrogens (tertiary/aromatic N) is 2. The van der Waals surface area contributed by atoms with Gasteiger partial charge in [-0.05, 0) is 44.2 Å². The Morgan fingerprint density at radius 3 is 2.21 bits per heavy atom. The van der Waals surface area contributed by atoms with E-state index in [0.29, 0.717) is 6.04 Å². The zero-order valence-corrected chi connectivity index (χ0v) is 17.8. The third-order valence-electron chi connectivity index (χ3n) is 7.20. The lowest BCUT2D eigenvalue weighted by atomic mass is 9.78. The van der Waals surface area contributed by atoms with E-state index in [9.17, 15) is 0 Å². The van der Waals surface area contributed by atoms with E-state index in [-0.39, 0.29) is 0 Å². The highest BCUT2D eigenvalue weighted by molar-refractivity contribution is 5.50. The first-order chi connectivity index (χ1) is 13.7. The van der Waals surface area contributed by atoms with Crippen LogP contribution in [0.3, 0.4) is 0 Å². The van der Waals surface area contributed by atoms with E-state index in [1.807, 2.05) is 6.07 Å². The molecule has 2 saturated heterocycles. The first-order valence-corrected chi connectivity index (χ1v) is 11.0. The molecule has 0 aromatic heterocycles. The van der Waals surface area contributed by atoms with Crippen molar-refractivity contribution in [2.75, 3.05) is 41.0 Å². The second kappa shape index (κ2) is 8.91. The van der Waals surface area contributed by atoms with Crippen LogP contribution in [0.15, 0.2) is 12.1 Å². The number of fused-ring (bicyclic) bond motifs is 1. The first-order valence-electron chi connectivity index (χ1n) is 11.0. The summed E-state index contributed by atoms with van der Waals surface area (Å²) in [6, 6.07) is 5.49. The van der Waals surface area contributed by atoms with Crippen LogP contribution < -0.4 is 14.2 Å². The molecule has 3 fully saturated rings. The van der Waals surface area contributed by atoms with Crippen LogP contribution in [0.2, 0.25) is 0 Å². The van der Waals surface area contributed by atoms with Crippen molar-refractivity contribution in [2.45, 2.75) is 63.6 Å². The molecule has 2 aliphatic heterocycles. The van der Waals surface area contributed by atoms with Crippen molar-refractivity contribution >= 4 is 0 Å². The van der Waals surface area contributed by atoms with Crippen molar-refractivity contribution in [1.29, 1.82) is 0 Å². The van der Waals surface area contributed by atoms with Gasteiger partial charge in [0.15, 0.2) is 11.5 Å². The molecule has 0 unspecified atom stereocenters. The number of methoxy groups -OCH3 is 3. The normalized spacial score (nSPS) is 26.8. The number of hydrogen-bond donors (Lipinski definition) is 0. The lowest BCUT2D eigenvalue weighted by Gasteiger charge is -2.49. The van der Waals surface area contributed by atoms with Crippen molar-refractivity contribution in [3.05, 3.63) is 17.7 Å². The first kappa shape index (κ1) is 19.8. The summed E-state index contributed by atoms with van der Waals surface area (Å²) < 4.78 is 16.8. The van der Waals surface area contributed by atoms with Gasteiger partial charge in [-0.1, -0.05) is 19.3 Å². The van der Waals surface area contributed by atoms with Gasteiger partial charge in [-0.3, -0.25) is 9.80 Å². The molecule has 5 heteroatoms. The summed E-state index contributed by atoms with van der Waals surface area (Å²) in [5.74, 6) is 3.25. The van der Waals surface area contributed by atoms with Crippen LogP contribution in [0.1, 0.15) is 50.5 Å². The molecule has 0 bridgehead atoms. The Balaban J connectivity index is 1.61. The molecule has 2 atom stereocenters. The second-order valence-corrected chi connectivity index (χ2v) is 8.62. The van der Waals surface area contributed by atoms with Gasteiger partial charge in [0.1, 0.15) is 5.75 Å². The Kier molecular flexibility index (Phi) is 6.32. The van der Waals surface area contributed by atoms with E-state index in [2.05, 4.69) is 15.9 Å². The minimum Gasteiger partial charge on any atom is -0.496 e. The summed E-state index contributed by atoms with van der Waals surface area (Å²) >= 11 is 0. The highest BCUT2D eigenvalue weighted by Crippen LogP contribution is 2.40. The lowest BCUT2D eigenvalue weighted by Crippen LogP contribution is -2.59. The molecule has 4 rings (SSSR count). The fourth-order valence-corrected chi connectivity index (χ4v) is 5.87. The van der Waals surface area contributed by atoms with Gasteiger partial charge in [-0.15, -0.1) is 0 Å². The van der Waals surface area contributed by atoms with Gasteiger partial charge in [0.2, 0.25) is 0 Å². The van der Waals surface area contributed by atoms with Crippen molar-refractivity contribution in [3.8, 4) is 17.2 Å². The molecule has 5 nitrogen and oxygen atoms in total. The SMILES string of the molecule is COc1cc(OC)c(OC)cc1CN1CCN2CCC[C@@H]2[C@H]1C1CCCCC1. The van der Waals surface area contributed by atoms with E-state index in [4.69, 9.17) is 14.2 Å². The van der Waals surface area contributed by atoms with Crippen molar-refractivity contribution in [3.63, 3.8) is 0 Å². The molecule has 3 aliphatic rings. The van der Waals surface area contributed by atoms with E-state index in [1.54, 1.807) is 21.3 Å². The molecule has 156 valence electrons. The predicted molar refractivity (Wildman–Crippen MR) is 111 cm³/mol. The van der Waals surface area contributed by atoms with Gasteiger partial charge in [0, 0.05) is 43.3 Å². The molecule has 1 saturated carbocycles. The molecular weight excluding hydrogens is 352 g/mol. The summed E-state index contributed by atoms with van der Waals surface area (Å²) in [5.41, 5.74) is 1.20. The lowest BCUT2D eigenvalue weighted by molar-refractivity contribution is -0.00415. The molecule has 28 heavy (non-hydrogen) atoms. The van der Waals surface area contributed by atoms with Crippen LogP contribution in [0, 0.1) is 5.92 Å². The zero-order valence-electron chi connectivity index (χ0n) is 17.8. The van der Waals surface area contributed by atoms with Crippen LogP contribution >= 0.6 is 0 Å². The highest BCUT2D eigenvalue weighted by atomic mass is 16.5. The minimum atomic E-state index is 0.675. The van der Waals surface area contributed by atoms with Gasteiger partial charge in [0.25, 0.3) is 0 Å². The van der Waals surface area contributed by atoms with Gasteiger partial charge in [-0.25, -0.2) is 0 Å². The maximum Gasteiger partial charge on any atom is 0.164 e. The number of benzene rings is 1. The predicted octanol–water partition coefficient (Wildman–Crippen LogP) is 3.94. The molecular formula is C23H36N2O3. The van der Waals surface area contributed by atoms with Gasteiger partial charge in [0.05, 0.1) is 21.3 Å². The Morgan fingerprint density at radius 1 is 0.786 bits per heavy atom. The van der Waals surface area contributed by atoms with Gasteiger partial charge in [-0.2, -0.15) is 0 Å². The third-order valence-corrected chi connectivity index (χ3v) is 7.20. The molecule has 1 aromatic rings. The zero-order chi connectivity index (χ0) is 19.5. The second-order valence-electron chi connectivity index (χ2n) is 8.62. The number of ether oxygens (including phenoxy) is 3. The number of piperazine rings is 1. The fraction of sp³-hybridized carbons (Fsp3) is 0.739. The third kappa shape index (κ3) is 3.84. The maximum absolute atomic E-state index is 5.72. The molecule has 0 N–H and O–H groups in total. The van der Waals surface area contributed by atoms with E-state index < -0.39 is 0 Å². The Bertz CT molecular complexity index is 659. The van der Waals surface area contributed by atoms with Crippen molar-refractivity contribution < 1.29 is 14.2 Å². The highest BCUT2D eigenvalue weighted by Gasteiger charge is 2.43. The topological polar surface area (TPSA) is 34.2 Å². The van der Waals surface area contributed by atoms with Gasteiger partial charge < -0.3 is 14.2 Å². The Hall–Kier alpha value is -1.46. The number of rotatable bonds is 6. The number of hydrogen-bond acceptors (Lipinski definition) is 5. The molecule has 2 heterocycles. The van der Waals surface area contributed by atoms with E-state index in [0.717, 1.165) is 42.3 Å². The molecule has 0 spiro atoms. The monoisotopic (exact) mass is 388 g/mol.